The normalized spacial score (nSPS) is 19.5. The highest BCUT2D eigenvalue weighted by atomic mass is 32.2. The fraction of sp³-hybridized carbons (Fsp3) is 0.632. The second kappa shape index (κ2) is 8.97. The van der Waals surface area contributed by atoms with Crippen LogP contribution in [0.25, 0.3) is 0 Å². The van der Waals surface area contributed by atoms with Crippen molar-refractivity contribution >= 4 is 15.9 Å². The quantitative estimate of drug-likeness (QED) is 0.820. The first-order valence-corrected chi connectivity index (χ1v) is 11.0. The number of carbonyl (C=O) groups is 1. The highest BCUT2D eigenvalue weighted by molar-refractivity contribution is 7.89. The Kier molecular flexibility index (Phi) is 6.67. The minimum atomic E-state index is -3.46. The van der Waals surface area contributed by atoms with Crippen molar-refractivity contribution in [3.8, 4) is 0 Å². The average Bonchev–Trinajstić information content (AvgIpc) is 2.67. The van der Waals surface area contributed by atoms with Gasteiger partial charge in [-0.15, -0.1) is 0 Å². The Labute approximate surface area is 156 Å². The standard InChI is InChI=1S/C19H28N2O4S/c22-19(21-12-14-25-15-13-21)11-8-16-6-9-18(10-7-16)26(23,24)20-17-4-2-1-3-5-17/h6-7,9-10,17,20H,1-5,8,11-15H2. The molecule has 1 saturated carbocycles. The van der Waals surface area contributed by atoms with Gasteiger partial charge >= 0.3 is 0 Å². The van der Waals surface area contributed by atoms with E-state index in [0.717, 1.165) is 31.2 Å². The van der Waals surface area contributed by atoms with Crippen molar-refractivity contribution in [1.82, 2.24) is 9.62 Å². The Morgan fingerprint density at radius 3 is 2.38 bits per heavy atom. The Bertz CT molecular complexity index is 691. The second-order valence-electron chi connectivity index (χ2n) is 7.09. The summed E-state index contributed by atoms with van der Waals surface area (Å²) < 4.78 is 33.1. The molecule has 26 heavy (non-hydrogen) atoms. The molecular weight excluding hydrogens is 352 g/mol. The minimum absolute atomic E-state index is 0.0552. The number of nitrogens with one attached hydrogen (secondary N) is 1. The number of morpholine rings is 1. The molecule has 0 aromatic heterocycles. The van der Waals surface area contributed by atoms with Crippen molar-refractivity contribution in [3.63, 3.8) is 0 Å². The number of carbonyl (C=O) groups excluding carboxylic acids is 1. The zero-order chi connectivity index (χ0) is 18.4. The fourth-order valence-electron chi connectivity index (χ4n) is 3.57. The molecule has 2 aliphatic rings. The van der Waals surface area contributed by atoms with Crippen molar-refractivity contribution in [2.45, 2.75) is 55.9 Å². The van der Waals surface area contributed by atoms with Gasteiger partial charge in [-0.1, -0.05) is 31.4 Å². The Morgan fingerprint density at radius 1 is 1.08 bits per heavy atom. The lowest BCUT2D eigenvalue weighted by Crippen LogP contribution is -2.40. The molecule has 7 heteroatoms. The smallest absolute Gasteiger partial charge is 0.240 e. The molecule has 2 fully saturated rings. The molecule has 1 amide bonds. The summed E-state index contributed by atoms with van der Waals surface area (Å²) >= 11 is 0. The van der Waals surface area contributed by atoms with Crippen LogP contribution in [-0.4, -0.2) is 51.6 Å². The van der Waals surface area contributed by atoms with Gasteiger partial charge in [-0.2, -0.15) is 0 Å². The zero-order valence-electron chi connectivity index (χ0n) is 15.2. The van der Waals surface area contributed by atoms with Crippen LogP contribution in [0.1, 0.15) is 44.1 Å². The first-order valence-electron chi connectivity index (χ1n) is 9.51. The summed E-state index contributed by atoms with van der Waals surface area (Å²) in [6.45, 7) is 2.52. The van der Waals surface area contributed by atoms with Gasteiger partial charge < -0.3 is 9.64 Å². The highest BCUT2D eigenvalue weighted by Crippen LogP contribution is 2.20. The van der Waals surface area contributed by atoms with Gasteiger partial charge in [0.15, 0.2) is 0 Å². The predicted molar refractivity (Wildman–Crippen MR) is 99.4 cm³/mol. The summed E-state index contributed by atoms with van der Waals surface area (Å²) in [6, 6.07) is 6.95. The molecule has 1 heterocycles. The van der Waals surface area contributed by atoms with Crippen LogP contribution in [0.15, 0.2) is 29.2 Å². The maximum absolute atomic E-state index is 12.5. The molecule has 0 radical (unpaired) electrons. The lowest BCUT2D eigenvalue weighted by molar-refractivity contribution is -0.135. The summed E-state index contributed by atoms with van der Waals surface area (Å²) in [7, 11) is -3.46. The SMILES string of the molecule is O=C(CCc1ccc(S(=O)(=O)NC2CCCCC2)cc1)N1CCOCC1. The largest absolute Gasteiger partial charge is 0.378 e. The summed E-state index contributed by atoms with van der Waals surface area (Å²) in [4.78, 5) is 14.3. The van der Waals surface area contributed by atoms with Gasteiger partial charge in [-0.25, -0.2) is 13.1 Å². The number of sulfonamides is 1. The van der Waals surface area contributed by atoms with Crippen LogP contribution in [0.5, 0.6) is 0 Å². The number of aryl methyl sites for hydroxylation is 1. The number of benzene rings is 1. The van der Waals surface area contributed by atoms with E-state index in [1.165, 1.54) is 6.42 Å². The molecule has 0 spiro atoms. The monoisotopic (exact) mass is 380 g/mol. The molecule has 1 N–H and O–H groups in total. The zero-order valence-corrected chi connectivity index (χ0v) is 16.0. The highest BCUT2D eigenvalue weighted by Gasteiger charge is 2.22. The Hall–Kier alpha value is -1.44. The van der Waals surface area contributed by atoms with E-state index >= 15 is 0 Å². The molecule has 0 bridgehead atoms. The molecule has 6 nitrogen and oxygen atoms in total. The van der Waals surface area contributed by atoms with Crippen LogP contribution in [0.4, 0.5) is 0 Å². The van der Waals surface area contributed by atoms with E-state index in [4.69, 9.17) is 4.74 Å². The molecule has 1 aliphatic heterocycles. The van der Waals surface area contributed by atoms with Crippen LogP contribution >= 0.6 is 0 Å². The molecule has 144 valence electrons. The summed E-state index contributed by atoms with van der Waals surface area (Å²) in [6.07, 6.45) is 6.25. The van der Waals surface area contributed by atoms with Crippen LogP contribution in [0.2, 0.25) is 0 Å². The summed E-state index contributed by atoms with van der Waals surface area (Å²) in [5.41, 5.74) is 0.975. The summed E-state index contributed by atoms with van der Waals surface area (Å²) in [5.74, 6) is 0.129. The Morgan fingerprint density at radius 2 is 1.73 bits per heavy atom. The van der Waals surface area contributed by atoms with Crippen LogP contribution < -0.4 is 4.72 Å². The third kappa shape index (κ3) is 5.28. The number of hydrogen-bond donors (Lipinski definition) is 1. The van der Waals surface area contributed by atoms with Gasteiger partial charge in [0.05, 0.1) is 18.1 Å². The van der Waals surface area contributed by atoms with Crippen molar-refractivity contribution in [2.24, 2.45) is 0 Å². The topological polar surface area (TPSA) is 75.7 Å². The lowest BCUT2D eigenvalue weighted by Gasteiger charge is -2.26. The van der Waals surface area contributed by atoms with E-state index in [1.807, 2.05) is 17.0 Å². The molecule has 1 aromatic carbocycles. The third-order valence-corrected chi connectivity index (χ3v) is 6.69. The molecule has 1 saturated heterocycles. The first-order chi connectivity index (χ1) is 12.5. The Balaban J connectivity index is 1.53. The maximum atomic E-state index is 12.5. The van der Waals surface area contributed by atoms with E-state index < -0.39 is 10.0 Å². The molecule has 0 unspecified atom stereocenters. The van der Waals surface area contributed by atoms with Gasteiger partial charge in [-0.05, 0) is 37.0 Å². The van der Waals surface area contributed by atoms with Gasteiger partial charge in [-0.3, -0.25) is 4.79 Å². The van der Waals surface area contributed by atoms with Crippen molar-refractivity contribution in [2.75, 3.05) is 26.3 Å². The lowest BCUT2D eigenvalue weighted by atomic mass is 9.96. The van der Waals surface area contributed by atoms with E-state index in [1.54, 1.807) is 12.1 Å². The number of nitrogens with zero attached hydrogens (tertiary/aromatic N) is 1. The maximum Gasteiger partial charge on any atom is 0.240 e. The summed E-state index contributed by atoms with van der Waals surface area (Å²) in [5, 5.41) is 0. The van der Waals surface area contributed by atoms with Gasteiger partial charge in [0, 0.05) is 25.6 Å². The van der Waals surface area contributed by atoms with E-state index in [2.05, 4.69) is 4.72 Å². The second-order valence-corrected chi connectivity index (χ2v) is 8.81. The predicted octanol–water partition coefficient (Wildman–Crippen LogP) is 2.09. The minimum Gasteiger partial charge on any atom is -0.378 e. The van der Waals surface area contributed by atoms with Crippen molar-refractivity contribution in [1.29, 1.82) is 0 Å². The van der Waals surface area contributed by atoms with E-state index in [9.17, 15) is 13.2 Å². The van der Waals surface area contributed by atoms with Crippen molar-refractivity contribution < 1.29 is 17.9 Å². The number of ether oxygens (including phenoxy) is 1. The van der Waals surface area contributed by atoms with Gasteiger partial charge in [0.1, 0.15) is 0 Å². The molecule has 1 aromatic rings. The first kappa shape index (κ1) is 19.3. The van der Waals surface area contributed by atoms with E-state index in [0.29, 0.717) is 44.0 Å². The molecular formula is C19H28N2O4S. The van der Waals surface area contributed by atoms with Crippen LogP contribution in [0, 0.1) is 0 Å². The van der Waals surface area contributed by atoms with Crippen molar-refractivity contribution in [3.05, 3.63) is 29.8 Å². The van der Waals surface area contributed by atoms with Gasteiger partial charge in [0.2, 0.25) is 15.9 Å². The number of rotatable bonds is 6. The molecule has 3 rings (SSSR count). The molecule has 0 atom stereocenters. The molecule has 1 aliphatic carbocycles. The number of hydrogen-bond acceptors (Lipinski definition) is 4. The fourth-order valence-corrected chi connectivity index (χ4v) is 4.87. The van der Waals surface area contributed by atoms with E-state index in [-0.39, 0.29) is 11.9 Å². The van der Waals surface area contributed by atoms with Crippen LogP contribution in [-0.2, 0) is 26.0 Å². The average molecular weight is 381 g/mol. The van der Waals surface area contributed by atoms with Crippen LogP contribution in [0.3, 0.4) is 0 Å². The van der Waals surface area contributed by atoms with Gasteiger partial charge in [0.25, 0.3) is 0 Å². The third-order valence-electron chi connectivity index (χ3n) is 5.15. The number of amides is 1.